The third kappa shape index (κ3) is 5.24. The molecule has 1 aliphatic heterocycles. The van der Waals surface area contributed by atoms with Crippen molar-refractivity contribution < 1.29 is 14.3 Å². The Hall–Kier alpha value is -4.01. The van der Waals surface area contributed by atoms with E-state index in [9.17, 15) is 9.59 Å². The van der Waals surface area contributed by atoms with Gasteiger partial charge in [0.1, 0.15) is 6.10 Å². The van der Waals surface area contributed by atoms with Crippen molar-refractivity contribution in [3.05, 3.63) is 48.0 Å². The maximum Gasteiger partial charge on any atom is 0.407 e. The number of amides is 2. The number of benzene rings is 2. The van der Waals surface area contributed by atoms with Crippen molar-refractivity contribution in [2.24, 2.45) is 7.05 Å². The summed E-state index contributed by atoms with van der Waals surface area (Å²) in [7, 11) is 6.00. The van der Waals surface area contributed by atoms with Crippen LogP contribution < -0.4 is 10.2 Å². The minimum atomic E-state index is -0.450. The van der Waals surface area contributed by atoms with Gasteiger partial charge in [0.05, 0.1) is 29.0 Å². The predicted molar refractivity (Wildman–Crippen MR) is 160 cm³/mol. The second-order valence-corrected chi connectivity index (χ2v) is 11.9. The first-order chi connectivity index (χ1) is 19.0. The number of carbonyl (C=O) groups excluding carboxylic acids is 2. The lowest BCUT2D eigenvalue weighted by atomic mass is 10.1. The van der Waals surface area contributed by atoms with Crippen molar-refractivity contribution in [1.29, 1.82) is 0 Å². The van der Waals surface area contributed by atoms with Crippen LogP contribution in [0.5, 0.6) is 0 Å². The zero-order valence-electron chi connectivity index (χ0n) is 24.6. The van der Waals surface area contributed by atoms with E-state index in [1.165, 1.54) is 10.9 Å². The highest BCUT2D eigenvalue weighted by Gasteiger charge is 2.29. The van der Waals surface area contributed by atoms with Crippen LogP contribution in [-0.4, -0.2) is 69.8 Å². The van der Waals surface area contributed by atoms with Crippen LogP contribution in [-0.2, 0) is 18.3 Å². The SMILES string of the molecule is CCn1c(-c2nc3cc(C(=O)N4CCC[C@@H](OC(=O)NC(C)(C)C)C4)cc(N(C)C)c3n2C)cc2ccccc21. The van der Waals surface area contributed by atoms with Crippen LogP contribution in [0.2, 0.25) is 0 Å². The summed E-state index contributed by atoms with van der Waals surface area (Å²) in [6, 6.07) is 14.4. The number of anilines is 1. The molecule has 5 rings (SSSR count). The number of nitrogens with one attached hydrogen (secondary N) is 1. The number of fused-ring (bicyclic) bond motifs is 2. The summed E-state index contributed by atoms with van der Waals surface area (Å²) >= 11 is 0. The van der Waals surface area contributed by atoms with Crippen LogP contribution in [0.15, 0.2) is 42.5 Å². The quantitative estimate of drug-likeness (QED) is 0.363. The van der Waals surface area contributed by atoms with Crippen molar-refractivity contribution in [1.82, 2.24) is 24.3 Å². The average Bonchev–Trinajstić information content (AvgIpc) is 3.43. The van der Waals surface area contributed by atoms with Crippen molar-refractivity contribution in [2.45, 2.75) is 58.7 Å². The molecule has 40 heavy (non-hydrogen) atoms. The number of hydrogen-bond acceptors (Lipinski definition) is 5. The first-order valence-corrected chi connectivity index (χ1v) is 14.0. The van der Waals surface area contributed by atoms with Crippen molar-refractivity contribution >= 4 is 39.6 Å². The van der Waals surface area contributed by atoms with E-state index in [1.54, 1.807) is 4.90 Å². The number of para-hydroxylation sites is 1. The summed E-state index contributed by atoms with van der Waals surface area (Å²) in [6.07, 6.45) is 0.721. The van der Waals surface area contributed by atoms with Gasteiger partial charge in [-0.3, -0.25) is 4.79 Å². The topological polar surface area (TPSA) is 84.6 Å². The number of alkyl carbamates (subject to hydrolysis) is 1. The van der Waals surface area contributed by atoms with Gasteiger partial charge in [0, 0.05) is 56.2 Å². The molecule has 1 aliphatic rings. The summed E-state index contributed by atoms with van der Waals surface area (Å²) in [4.78, 5) is 35.0. The molecule has 0 saturated carbocycles. The fraction of sp³-hybridized carbons (Fsp3) is 0.452. The molecule has 4 aromatic rings. The predicted octanol–water partition coefficient (Wildman–Crippen LogP) is 5.41. The van der Waals surface area contributed by atoms with E-state index in [-0.39, 0.29) is 17.6 Å². The number of nitrogens with zero attached hydrogens (tertiary/aromatic N) is 5. The number of ether oxygens (including phenoxy) is 1. The number of piperidine rings is 1. The van der Waals surface area contributed by atoms with E-state index in [1.807, 2.05) is 58.9 Å². The molecule has 1 saturated heterocycles. The van der Waals surface area contributed by atoms with Gasteiger partial charge < -0.3 is 29.0 Å². The van der Waals surface area contributed by atoms with E-state index in [2.05, 4.69) is 51.7 Å². The summed E-state index contributed by atoms with van der Waals surface area (Å²) in [5.41, 5.74) is 5.09. The number of likely N-dealkylation sites (tertiary alicyclic amines) is 1. The van der Waals surface area contributed by atoms with Crippen LogP contribution in [0, 0.1) is 0 Å². The summed E-state index contributed by atoms with van der Waals surface area (Å²) < 4.78 is 10.1. The monoisotopic (exact) mass is 544 g/mol. The molecule has 2 aromatic heterocycles. The van der Waals surface area contributed by atoms with Gasteiger partial charge in [0.25, 0.3) is 5.91 Å². The van der Waals surface area contributed by atoms with Crippen LogP contribution >= 0.6 is 0 Å². The lowest BCUT2D eigenvalue weighted by molar-refractivity contribution is 0.0323. The second kappa shape index (κ2) is 10.5. The smallest absolute Gasteiger partial charge is 0.407 e. The molecule has 3 heterocycles. The van der Waals surface area contributed by atoms with Crippen molar-refractivity contribution in [3.63, 3.8) is 0 Å². The third-order valence-corrected chi connectivity index (χ3v) is 7.45. The molecule has 1 atom stereocenters. The molecule has 0 spiro atoms. The van der Waals surface area contributed by atoms with Crippen LogP contribution in [0.1, 0.15) is 50.9 Å². The van der Waals surface area contributed by atoms with Crippen molar-refractivity contribution in [3.8, 4) is 11.5 Å². The Bertz CT molecular complexity index is 1580. The lowest BCUT2D eigenvalue weighted by Crippen LogP contribution is -2.47. The number of aryl methyl sites for hydroxylation is 2. The maximum atomic E-state index is 13.8. The standard InChI is InChI=1S/C31H40N6O3/c1-8-37-24-14-10-9-12-20(24)17-26(37)28-32-23-16-21(18-25(34(5)6)27(23)35(28)7)29(38)36-15-11-13-22(19-36)40-30(39)33-31(2,3)4/h9-10,12,14,16-18,22H,8,11,13,15,19H2,1-7H3,(H,33,39)/t22-/m1/s1. The number of hydrogen-bond donors (Lipinski definition) is 1. The zero-order chi connectivity index (χ0) is 28.8. The Balaban J connectivity index is 1.49. The maximum absolute atomic E-state index is 13.8. The molecule has 0 aliphatic carbocycles. The minimum Gasteiger partial charge on any atom is -0.444 e. The van der Waals surface area contributed by atoms with Gasteiger partial charge in [0.2, 0.25) is 0 Å². The number of imidazole rings is 1. The third-order valence-electron chi connectivity index (χ3n) is 7.45. The first kappa shape index (κ1) is 27.6. The average molecular weight is 545 g/mol. The molecule has 9 heteroatoms. The fourth-order valence-corrected chi connectivity index (χ4v) is 5.65. The molecular formula is C31H40N6O3. The van der Waals surface area contributed by atoms with E-state index in [0.717, 1.165) is 47.6 Å². The molecule has 0 radical (unpaired) electrons. The number of rotatable bonds is 5. The molecule has 2 aromatic carbocycles. The van der Waals surface area contributed by atoms with Gasteiger partial charge in [-0.1, -0.05) is 18.2 Å². The van der Waals surface area contributed by atoms with E-state index >= 15 is 0 Å². The van der Waals surface area contributed by atoms with Crippen LogP contribution in [0.3, 0.4) is 0 Å². The van der Waals surface area contributed by atoms with E-state index < -0.39 is 6.09 Å². The molecule has 212 valence electrons. The van der Waals surface area contributed by atoms with Gasteiger partial charge in [-0.2, -0.15) is 0 Å². The summed E-state index contributed by atoms with van der Waals surface area (Å²) in [6.45, 7) is 9.69. The fourth-order valence-electron chi connectivity index (χ4n) is 5.65. The van der Waals surface area contributed by atoms with Crippen LogP contribution in [0.4, 0.5) is 10.5 Å². The summed E-state index contributed by atoms with van der Waals surface area (Å²) in [5.74, 6) is 0.779. The van der Waals surface area contributed by atoms with E-state index in [0.29, 0.717) is 18.7 Å². The zero-order valence-corrected chi connectivity index (χ0v) is 24.6. The molecular weight excluding hydrogens is 504 g/mol. The van der Waals surface area contributed by atoms with Gasteiger partial charge in [-0.05, 0) is 64.8 Å². The Morgan fingerprint density at radius 2 is 1.90 bits per heavy atom. The first-order valence-electron chi connectivity index (χ1n) is 14.0. The Morgan fingerprint density at radius 1 is 1.15 bits per heavy atom. The van der Waals surface area contributed by atoms with E-state index in [4.69, 9.17) is 9.72 Å². The second-order valence-electron chi connectivity index (χ2n) is 11.9. The Labute approximate surface area is 235 Å². The highest BCUT2D eigenvalue weighted by atomic mass is 16.6. The minimum absolute atomic E-state index is 0.0793. The molecule has 9 nitrogen and oxygen atoms in total. The van der Waals surface area contributed by atoms with Gasteiger partial charge in [-0.25, -0.2) is 9.78 Å². The molecule has 0 bridgehead atoms. The highest BCUT2D eigenvalue weighted by molar-refractivity contribution is 6.02. The lowest BCUT2D eigenvalue weighted by Gasteiger charge is -2.33. The highest BCUT2D eigenvalue weighted by Crippen LogP contribution is 2.34. The molecule has 2 amide bonds. The molecule has 1 N–H and O–H groups in total. The van der Waals surface area contributed by atoms with Gasteiger partial charge >= 0.3 is 6.09 Å². The van der Waals surface area contributed by atoms with Crippen molar-refractivity contribution in [2.75, 3.05) is 32.1 Å². The largest absolute Gasteiger partial charge is 0.444 e. The molecule has 0 unspecified atom stereocenters. The number of carbonyl (C=O) groups is 2. The normalized spacial score (nSPS) is 16.0. The molecule has 1 fully saturated rings. The van der Waals surface area contributed by atoms with Crippen LogP contribution in [0.25, 0.3) is 33.5 Å². The van der Waals surface area contributed by atoms with Gasteiger partial charge in [0.15, 0.2) is 5.82 Å². The Morgan fingerprint density at radius 3 is 2.60 bits per heavy atom. The summed E-state index contributed by atoms with van der Waals surface area (Å²) in [5, 5.41) is 4.01. The van der Waals surface area contributed by atoms with Gasteiger partial charge in [-0.15, -0.1) is 0 Å². The Kier molecular flexibility index (Phi) is 7.25. The number of aromatic nitrogens is 3.